The van der Waals surface area contributed by atoms with Crippen LogP contribution in [0.5, 0.6) is 0 Å². The van der Waals surface area contributed by atoms with Gasteiger partial charge in [-0.3, -0.25) is 0 Å². The molecule has 0 aromatic rings. The van der Waals surface area contributed by atoms with Crippen molar-refractivity contribution in [2.45, 2.75) is 53.1 Å². The molecule has 0 bridgehead atoms. The molecule has 1 aliphatic rings. The van der Waals surface area contributed by atoms with Crippen LogP contribution in [-0.2, 0) is 40.5 Å². The average Bonchev–Trinajstić information content (AvgIpc) is 3.14. The van der Waals surface area contributed by atoms with Crippen LogP contribution in [0.2, 0.25) is 0 Å². The molecule has 1 rings (SSSR count). The first-order valence-corrected chi connectivity index (χ1v) is 9.04. The number of alkyl halides is 17. The Kier molecular flexibility index (Phi) is 8.89. The summed E-state index contributed by atoms with van der Waals surface area (Å²) in [5, 5.41) is -2.46. The van der Waals surface area contributed by atoms with Crippen molar-refractivity contribution in [3.63, 3.8) is 0 Å². The summed E-state index contributed by atoms with van der Waals surface area (Å²) >= 11 is 0. The van der Waals surface area contributed by atoms with Crippen LogP contribution in [0.4, 0.5) is 74.6 Å². The van der Waals surface area contributed by atoms with E-state index in [0.717, 1.165) is 0 Å². The Bertz CT molecular complexity index is 939. The quantitative estimate of drug-likeness (QED) is 0.234. The SMILES string of the molecule is O=S(=O)(OC(F)(F)C(F)(F)C(F)(F)C(F)(F)C(F)(F)C(F)(F)C(F)(F)C(F)(F)F)C1C=CC=C1.[Zr]. The summed E-state index contributed by atoms with van der Waals surface area (Å²) in [4.78, 5) is 0. The molecule has 0 saturated carbocycles. The van der Waals surface area contributed by atoms with E-state index in [-0.39, 0.29) is 26.2 Å². The maximum absolute atomic E-state index is 13.5. The molecule has 0 aromatic carbocycles. The molecule has 0 atom stereocenters. The maximum Gasteiger partial charge on any atom is 0.460 e. The van der Waals surface area contributed by atoms with Crippen molar-refractivity contribution < 1.29 is 113 Å². The van der Waals surface area contributed by atoms with Gasteiger partial charge in [0.15, 0.2) is 0 Å². The molecule has 0 fully saturated rings. The van der Waals surface area contributed by atoms with E-state index in [1.54, 1.807) is 0 Å². The minimum atomic E-state index is -8.81. The van der Waals surface area contributed by atoms with E-state index in [1.165, 1.54) is 0 Å². The van der Waals surface area contributed by atoms with E-state index >= 15 is 0 Å². The standard InChI is InChI=1S/C13H5F17O3S.Zr/c14-6(15,8(18,19)10(22,23)12(26,27)28)7(16,17)9(20,21)11(24,25)13(29,30)33-34(31,32)5-3-1-2-4-5;/h1-5H;. The molecule has 0 saturated heterocycles. The van der Waals surface area contributed by atoms with Crippen LogP contribution < -0.4 is 0 Å². The monoisotopic (exact) mass is 654 g/mol. The number of halogens is 17. The summed E-state index contributed by atoms with van der Waals surface area (Å²) in [5.41, 5.74) is 0. The molecule has 0 aromatic heterocycles. The second-order valence-corrected chi connectivity index (χ2v) is 7.97. The summed E-state index contributed by atoms with van der Waals surface area (Å²) in [5.74, 6) is -51.4. The van der Waals surface area contributed by atoms with Gasteiger partial charge in [0.2, 0.25) is 0 Å². The molecule has 0 heterocycles. The first-order valence-electron chi connectivity index (χ1n) is 7.57. The van der Waals surface area contributed by atoms with Crippen LogP contribution in [0.3, 0.4) is 0 Å². The van der Waals surface area contributed by atoms with Gasteiger partial charge in [0.25, 0.3) is 10.1 Å². The molecule has 0 unspecified atom stereocenters. The summed E-state index contributed by atoms with van der Waals surface area (Å²) in [6.07, 6.45) is -13.2. The first-order chi connectivity index (χ1) is 14.6. The van der Waals surface area contributed by atoms with Gasteiger partial charge in [-0.1, -0.05) is 24.3 Å². The summed E-state index contributed by atoms with van der Waals surface area (Å²) < 4.78 is 247. The number of rotatable bonds is 9. The minimum absolute atomic E-state index is 0. The van der Waals surface area contributed by atoms with Gasteiger partial charge >= 0.3 is 47.8 Å². The molecular weight excluding hydrogens is 650 g/mol. The van der Waals surface area contributed by atoms with Crippen molar-refractivity contribution in [3.05, 3.63) is 24.3 Å². The average molecular weight is 655 g/mol. The zero-order chi connectivity index (χ0) is 27.6. The van der Waals surface area contributed by atoms with Gasteiger partial charge < -0.3 is 0 Å². The fourth-order valence-electron chi connectivity index (χ4n) is 2.01. The summed E-state index contributed by atoms with van der Waals surface area (Å²) in [6.45, 7) is 0. The Labute approximate surface area is 201 Å². The molecular formula is C13H5F17O3SZr. The van der Waals surface area contributed by atoms with E-state index in [1.807, 2.05) is 0 Å². The summed E-state index contributed by atoms with van der Waals surface area (Å²) in [6, 6.07) is 0. The molecule has 3 nitrogen and oxygen atoms in total. The van der Waals surface area contributed by atoms with Gasteiger partial charge in [-0.05, 0) is 0 Å². The van der Waals surface area contributed by atoms with Gasteiger partial charge in [0, 0.05) is 26.2 Å². The smallest absolute Gasteiger partial charge is 0.198 e. The topological polar surface area (TPSA) is 43.4 Å². The van der Waals surface area contributed by atoms with Gasteiger partial charge in [0.05, 0.1) is 0 Å². The molecule has 0 N–H and O–H groups in total. The zero-order valence-corrected chi connectivity index (χ0v) is 18.7. The third-order valence-corrected chi connectivity index (χ3v) is 5.38. The zero-order valence-electron chi connectivity index (χ0n) is 15.4. The first kappa shape index (κ1) is 34.1. The number of allylic oxidation sites excluding steroid dienone is 2. The van der Waals surface area contributed by atoms with Gasteiger partial charge in [-0.25, -0.2) is 0 Å². The Morgan fingerprint density at radius 2 is 0.800 bits per heavy atom. The molecule has 204 valence electrons. The van der Waals surface area contributed by atoms with Crippen molar-refractivity contribution in [2.24, 2.45) is 0 Å². The van der Waals surface area contributed by atoms with Crippen LogP contribution in [0.15, 0.2) is 24.3 Å². The van der Waals surface area contributed by atoms with Crippen LogP contribution in [0.25, 0.3) is 0 Å². The van der Waals surface area contributed by atoms with Crippen molar-refractivity contribution in [3.8, 4) is 0 Å². The van der Waals surface area contributed by atoms with Gasteiger partial charge in [0.1, 0.15) is 5.25 Å². The maximum atomic E-state index is 13.5. The Morgan fingerprint density at radius 1 is 0.514 bits per heavy atom. The van der Waals surface area contributed by atoms with Crippen molar-refractivity contribution in [1.82, 2.24) is 0 Å². The Balaban J connectivity index is 0.0000116. The molecule has 0 aliphatic heterocycles. The second kappa shape index (κ2) is 9.13. The van der Waals surface area contributed by atoms with E-state index in [4.69, 9.17) is 0 Å². The predicted octanol–water partition coefficient (Wildman–Crippen LogP) is 5.79. The Hall–Kier alpha value is -0.917. The molecule has 22 heteroatoms. The van der Waals surface area contributed by atoms with E-state index in [9.17, 15) is 83.1 Å². The molecule has 0 amide bonds. The predicted molar refractivity (Wildman–Crippen MR) is 72.8 cm³/mol. The number of hydrogen-bond donors (Lipinski definition) is 0. The van der Waals surface area contributed by atoms with Crippen LogP contribution in [0, 0.1) is 0 Å². The van der Waals surface area contributed by atoms with Gasteiger partial charge in [-0.2, -0.15) is 87.2 Å². The fourth-order valence-corrected chi connectivity index (χ4v) is 3.08. The van der Waals surface area contributed by atoms with Crippen molar-refractivity contribution in [1.29, 1.82) is 0 Å². The number of hydrogen-bond acceptors (Lipinski definition) is 3. The van der Waals surface area contributed by atoms with Gasteiger partial charge in [-0.15, -0.1) is 0 Å². The summed E-state index contributed by atoms with van der Waals surface area (Å²) in [7, 11) is -6.20. The normalized spacial score (nSPS) is 17.6. The van der Waals surface area contributed by atoms with Crippen LogP contribution >= 0.6 is 0 Å². The fraction of sp³-hybridized carbons (Fsp3) is 0.692. The van der Waals surface area contributed by atoms with Crippen molar-refractivity contribution >= 4 is 10.1 Å². The third kappa shape index (κ3) is 4.86. The molecule has 0 spiro atoms. The molecule has 0 radical (unpaired) electrons. The Morgan fingerprint density at radius 3 is 1.11 bits per heavy atom. The minimum Gasteiger partial charge on any atom is -0.198 e. The van der Waals surface area contributed by atoms with Crippen LogP contribution in [-0.4, -0.2) is 61.5 Å². The van der Waals surface area contributed by atoms with Crippen LogP contribution in [0.1, 0.15) is 0 Å². The van der Waals surface area contributed by atoms with E-state index < -0.39 is 63.2 Å². The van der Waals surface area contributed by atoms with E-state index in [0.29, 0.717) is 24.3 Å². The second-order valence-electron chi connectivity index (χ2n) is 6.27. The molecule has 35 heavy (non-hydrogen) atoms. The largest absolute Gasteiger partial charge is 0.460 e. The van der Waals surface area contributed by atoms with Crippen molar-refractivity contribution in [2.75, 3.05) is 0 Å². The van der Waals surface area contributed by atoms with E-state index in [2.05, 4.69) is 4.18 Å². The third-order valence-electron chi connectivity index (χ3n) is 3.96. The molecule has 1 aliphatic carbocycles.